The minimum absolute atomic E-state index is 0.134. The molecule has 0 fully saturated rings. The van der Waals surface area contributed by atoms with E-state index in [1.807, 2.05) is 19.1 Å². The largest absolute Gasteiger partial charge is 0.484 e. The fourth-order valence-electron chi connectivity index (χ4n) is 4.13. The molecule has 0 atom stereocenters. The predicted octanol–water partition coefficient (Wildman–Crippen LogP) is 8.46. The van der Waals surface area contributed by atoms with Gasteiger partial charge in [0.05, 0.1) is 0 Å². The van der Waals surface area contributed by atoms with E-state index >= 15 is 4.39 Å². The lowest BCUT2D eigenvalue weighted by Crippen LogP contribution is -2.19. The van der Waals surface area contributed by atoms with Gasteiger partial charge in [-0.2, -0.15) is 13.2 Å². The second-order valence-electron chi connectivity index (χ2n) is 8.59. The van der Waals surface area contributed by atoms with Crippen LogP contribution in [0.4, 0.5) is 22.0 Å². The standard InChI is InChI=1S/C29H25F5O/c1-2-3-20-7-14-25(27(30)16-20)22-11-15-26-23(17-22)10-9-21(28(26)31)8-4-19-5-12-24(13-6-19)35-18-29(32,33)34/h5-7,9-17H,2-4,8,18H2,1H3. The average Bonchev–Trinajstić information content (AvgIpc) is 2.83. The van der Waals surface area contributed by atoms with Gasteiger partial charge in [-0.05, 0) is 71.2 Å². The summed E-state index contributed by atoms with van der Waals surface area (Å²) in [5, 5.41) is 1.15. The number of hydrogen-bond donors (Lipinski definition) is 0. The summed E-state index contributed by atoms with van der Waals surface area (Å²) in [4.78, 5) is 0. The van der Waals surface area contributed by atoms with Crippen molar-refractivity contribution in [2.75, 3.05) is 6.61 Å². The minimum atomic E-state index is -4.39. The maximum Gasteiger partial charge on any atom is 0.422 e. The van der Waals surface area contributed by atoms with Crippen LogP contribution in [0.2, 0.25) is 0 Å². The van der Waals surface area contributed by atoms with Gasteiger partial charge in [0.15, 0.2) is 6.61 Å². The molecule has 0 aromatic heterocycles. The molecule has 0 N–H and O–H groups in total. The molecule has 4 aromatic carbocycles. The van der Waals surface area contributed by atoms with Crippen molar-refractivity contribution in [3.05, 3.63) is 101 Å². The summed E-state index contributed by atoms with van der Waals surface area (Å²) in [6, 6.07) is 20.3. The van der Waals surface area contributed by atoms with Crippen LogP contribution in [-0.4, -0.2) is 12.8 Å². The van der Waals surface area contributed by atoms with Gasteiger partial charge in [0, 0.05) is 10.9 Å². The smallest absolute Gasteiger partial charge is 0.422 e. The highest BCUT2D eigenvalue weighted by atomic mass is 19.4. The van der Waals surface area contributed by atoms with E-state index < -0.39 is 12.8 Å². The van der Waals surface area contributed by atoms with Crippen molar-refractivity contribution in [1.82, 2.24) is 0 Å². The highest BCUT2D eigenvalue weighted by molar-refractivity contribution is 5.88. The fraction of sp³-hybridized carbons (Fsp3) is 0.241. The zero-order chi connectivity index (χ0) is 25.0. The SMILES string of the molecule is CCCc1ccc(-c2ccc3c(F)c(CCc4ccc(OCC(F)(F)F)cc4)ccc3c2)c(F)c1. The number of alkyl halides is 3. The molecule has 182 valence electrons. The zero-order valence-corrected chi connectivity index (χ0v) is 19.3. The van der Waals surface area contributed by atoms with Gasteiger partial charge in [-0.1, -0.05) is 61.9 Å². The van der Waals surface area contributed by atoms with E-state index in [0.717, 1.165) is 24.0 Å². The van der Waals surface area contributed by atoms with Crippen molar-refractivity contribution in [2.45, 2.75) is 38.8 Å². The van der Waals surface area contributed by atoms with E-state index in [2.05, 4.69) is 0 Å². The van der Waals surface area contributed by atoms with Gasteiger partial charge in [0.25, 0.3) is 0 Å². The van der Waals surface area contributed by atoms with Crippen molar-refractivity contribution in [3.8, 4) is 16.9 Å². The van der Waals surface area contributed by atoms with E-state index in [-0.39, 0.29) is 17.4 Å². The number of benzene rings is 4. The van der Waals surface area contributed by atoms with Gasteiger partial charge in [0.1, 0.15) is 17.4 Å². The number of aryl methyl sites for hydroxylation is 3. The first-order chi connectivity index (χ1) is 16.7. The van der Waals surface area contributed by atoms with E-state index in [1.165, 1.54) is 12.1 Å². The molecule has 35 heavy (non-hydrogen) atoms. The third kappa shape index (κ3) is 6.18. The minimum Gasteiger partial charge on any atom is -0.484 e. The molecule has 0 saturated carbocycles. The highest BCUT2D eigenvalue weighted by Gasteiger charge is 2.28. The Bertz CT molecular complexity index is 1310. The highest BCUT2D eigenvalue weighted by Crippen LogP contribution is 2.30. The van der Waals surface area contributed by atoms with E-state index in [9.17, 15) is 17.6 Å². The lowest BCUT2D eigenvalue weighted by Gasteiger charge is -2.11. The van der Waals surface area contributed by atoms with Gasteiger partial charge in [-0.25, -0.2) is 8.78 Å². The van der Waals surface area contributed by atoms with Gasteiger partial charge in [-0.15, -0.1) is 0 Å². The Kier molecular flexibility index (Phi) is 7.39. The second-order valence-corrected chi connectivity index (χ2v) is 8.59. The maximum atomic E-state index is 15.2. The summed E-state index contributed by atoms with van der Waals surface area (Å²) in [7, 11) is 0. The van der Waals surface area contributed by atoms with Crippen LogP contribution in [0, 0.1) is 11.6 Å². The van der Waals surface area contributed by atoms with Crippen LogP contribution in [0.1, 0.15) is 30.0 Å². The van der Waals surface area contributed by atoms with Crippen LogP contribution in [0.15, 0.2) is 72.8 Å². The molecule has 4 aromatic rings. The molecule has 1 nitrogen and oxygen atoms in total. The summed E-state index contributed by atoms with van der Waals surface area (Å²) in [5.41, 5.74) is 3.53. The Balaban J connectivity index is 1.47. The van der Waals surface area contributed by atoms with Crippen molar-refractivity contribution in [3.63, 3.8) is 0 Å². The van der Waals surface area contributed by atoms with Crippen LogP contribution in [0.25, 0.3) is 21.9 Å². The Morgan fingerprint density at radius 3 is 2.17 bits per heavy atom. The summed E-state index contributed by atoms with van der Waals surface area (Å²) in [6.45, 7) is 0.707. The van der Waals surface area contributed by atoms with Gasteiger partial charge in [0.2, 0.25) is 0 Å². The zero-order valence-electron chi connectivity index (χ0n) is 19.3. The van der Waals surface area contributed by atoms with Crippen molar-refractivity contribution in [2.24, 2.45) is 0 Å². The molecule has 0 unspecified atom stereocenters. The first-order valence-electron chi connectivity index (χ1n) is 11.5. The van der Waals surface area contributed by atoms with Gasteiger partial charge >= 0.3 is 6.18 Å². The first kappa shape index (κ1) is 24.7. The number of rotatable bonds is 8. The van der Waals surface area contributed by atoms with E-state index in [1.54, 1.807) is 48.5 Å². The number of fused-ring (bicyclic) bond motifs is 1. The monoisotopic (exact) mass is 484 g/mol. The third-order valence-electron chi connectivity index (χ3n) is 5.93. The summed E-state index contributed by atoms with van der Waals surface area (Å²) in [5.74, 6) is -0.477. The molecule has 0 spiro atoms. The normalized spacial score (nSPS) is 11.7. The molecule has 0 amide bonds. The van der Waals surface area contributed by atoms with Crippen LogP contribution in [0.5, 0.6) is 5.75 Å². The van der Waals surface area contributed by atoms with Crippen LogP contribution in [0.3, 0.4) is 0 Å². The Morgan fingerprint density at radius 1 is 0.743 bits per heavy atom. The quantitative estimate of drug-likeness (QED) is 0.228. The lowest BCUT2D eigenvalue weighted by molar-refractivity contribution is -0.153. The molecular weight excluding hydrogens is 459 g/mol. The molecule has 0 aliphatic carbocycles. The second kappa shape index (κ2) is 10.5. The Morgan fingerprint density at radius 2 is 1.49 bits per heavy atom. The van der Waals surface area contributed by atoms with Crippen LogP contribution >= 0.6 is 0 Å². The Labute approximate surface area is 201 Å². The van der Waals surface area contributed by atoms with Gasteiger partial charge in [-0.3, -0.25) is 0 Å². The van der Waals surface area contributed by atoms with Crippen LogP contribution in [-0.2, 0) is 19.3 Å². The first-order valence-corrected chi connectivity index (χ1v) is 11.5. The number of ether oxygens (including phenoxy) is 1. The number of halogens is 5. The summed E-state index contributed by atoms with van der Waals surface area (Å²) >= 11 is 0. The van der Waals surface area contributed by atoms with Crippen molar-refractivity contribution >= 4 is 10.8 Å². The molecular formula is C29H25F5O. The maximum absolute atomic E-state index is 15.2. The van der Waals surface area contributed by atoms with Crippen molar-refractivity contribution in [1.29, 1.82) is 0 Å². The van der Waals surface area contributed by atoms with Gasteiger partial charge < -0.3 is 4.74 Å². The molecule has 0 radical (unpaired) electrons. The molecule has 6 heteroatoms. The molecule has 0 aliphatic rings. The van der Waals surface area contributed by atoms with Crippen LogP contribution < -0.4 is 4.74 Å². The topological polar surface area (TPSA) is 9.23 Å². The van der Waals surface area contributed by atoms with E-state index in [0.29, 0.717) is 40.3 Å². The fourth-order valence-corrected chi connectivity index (χ4v) is 4.13. The molecule has 0 aliphatic heterocycles. The van der Waals surface area contributed by atoms with E-state index in [4.69, 9.17) is 4.74 Å². The Hall–Kier alpha value is -3.41. The molecule has 0 bridgehead atoms. The average molecular weight is 485 g/mol. The molecule has 4 rings (SSSR count). The molecule has 0 saturated heterocycles. The lowest BCUT2D eigenvalue weighted by atomic mass is 9.96. The third-order valence-corrected chi connectivity index (χ3v) is 5.93. The summed E-state index contributed by atoms with van der Waals surface area (Å²) < 4.78 is 71.4. The predicted molar refractivity (Wildman–Crippen MR) is 129 cm³/mol. The summed E-state index contributed by atoms with van der Waals surface area (Å²) in [6.07, 6.45) is -1.67. The molecule has 0 heterocycles. The number of hydrogen-bond acceptors (Lipinski definition) is 1. The van der Waals surface area contributed by atoms with Crippen molar-refractivity contribution < 1.29 is 26.7 Å².